The first-order chi connectivity index (χ1) is 8.17. The topological polar surface area (TPSA) is 51.8 Å². The van der Waals surface area contributed by atoms with Crippen LogP contribution in [0.1, 0.15) is 25.2 Å². The van der Waals surface area contributed by atoms with Crippen molar-refractivity contribution in [3.8, 4) is 0 Å². The highest BCUT2D eigenvalue weighted by molar-refractivity contribution is 5.78. The van der Waals surface area contributed by atoms with E-state index in [1.807, 2.05) is 26.0 Å². The lowest BCUT2D eigenvalue weighted by Crippen LogP contribution is -2.02. The first-order valence-corrected chi connectivity index (χ1v) is 5.38. The molecule has 3 nitrogen and oxygen atoms in total. The molecule has 1 heterocycles. The van der Waals surface area contributed by atoms with Gasteiger partial charge in [0.05, 0.1) is 11.9 Å². The second-order valence-electron chi connectivity index (χ2n) is 3.39. The zero-order chi connectivity index (χ0) is 12.8. The fourth-order valence-corrected chi connectivity index (χ4v) is 1.47. The fourth-order valence-electron chi connectivity index (χ4n) is 1.47. The Morgan fingerprint density at radius 2 is 1.76 bits per heavy atom. The zero-order valence-electron chi connectivity index (χ0n) is 10.3. The summed E-state index contributed by atoms with van der Waals surface area (Å²) in [5.74, 6) is 0.404. The summed E-state index contributed by atoms with van der Waals surface area (Å²) in [7, 11) is 0. The molecule has 0 atom stereocenters. The molecule has 0 aliphatic carbocycles. The molecular weight excluding hydrogens is 210 g/mol. The molecule has 1 aromatic rings. The van der Waals surface area contributed by atoms with Crippen LogP contribution in [0.3, 0.4) is 0 Å². The molecule has 3 heteroatoms. The molecule has 0 fully saturated rings. The van der Waals surface area contributed by atoms with E-state index in [-0.39, 0.29) is 0 Å². The van der Waals surface area contributed by atoms with E-state index in [9.17, 15) is 0 Å². The number of nitrogens with zero attached hydrogens (tertiary/aromatic N) is 2. The minimum absolute atomic E-state index is 0.404. The van der Waals surface area contributed by atoms with Crippen molar-refractivity contribution < 1.29 is 0 Å². The van der Waals surface area contributed by atoms with Gasteiger partial charge in [-0.25, -0.2) is 9.97 Å². The lowest BCUT2D eigenvalue weighted by atomic mass is 10.1. The second kappa shape index (κ2) is 5.80. The highest BCUT2D eigenvalue weighted by atomic mass is 14.9. The highest BCUT2D eigenvalue weighted by Gasteiger charge is 2.08. The number of nitrogen functional groups attached to an aromatic ring is 1. The third kappa shape index (κ3) is 2.69. The average Bonchev–Trinajstić information content (AvgIpc) is 2.35. The molecule has 17 heavy (non-hydrogen) atoms. The summed E-state index contributed by atoms with van der Waals surface area (Å²) < 4.78 is 0. The first kappa shape index (κ1) is 12.9. The van der Waals surface area contributed by atoms with E-state index in [2.05, 4.69) is 23.1 Å². The Kier molecular flexibility index (Phi) is 4.40. The largest absolute Gasteiger partial charge is 0.382 e. The maximum absolute atomic E-state index is 5.82. The quantitative estimate of drug-likeness (QED) is 0.803. The van der Waals surface area contributed by atoms with Gasteiger partial charge >= 0.3 is 0 Å². The summed E-state index contributed by atoms with van der Waals surface area (Å²) in [6, 6.07) is 0. The Morgan fingerprint density at radius 1 is 1.18 bits per heavy atom. The summed E-state index contributed by atoms with van der Waals surface area (Å²) >= 11 is 0. The molecule has 0 radical (unpaired) electrons. The monoisotopic (exact) mass is 227 g/mol. The smallest absolute Gasteiger partial charge is 0.150 e. The predicted octanol–water partition coefficient (Wildman–Crippen LogP) is 3.24. The van der Waals surface area contributed by atoms with Crippen LogP contribution in [0.5, 0.6) is 0 Å². The van der Waals surface area contributed by atoms with Gasteiger partial charge in [-0.15, -0.1) is 0 Å². The van der Waals surface area contributed by atoms with Crippen molar-refractivity contribution in [2.75, 3.05) is 5.73 Å². The van der Waals surface area contributed by atoms with Crippen molar-refractivity contribution in [2.24, 2.45) is 0 Å². The lowest BCUT2D eigenvalue weighted by Gasteiger charge is -2.07. The SMILES string of the molecule is C=C/C(=C\C)c1cnc(N)c(/C(C=C)=C/C)n1. The van der Waals surface area contributed by atoms with Crippen LogP contribution in [0.4, 0.5) is 5.82 Å². The molecule has 0 spiro atoms. The predicted molar refractivity (Wildman–Crippen MR) is 74.1 cm³/mol. The van der Waals surface area contributed by atoms with Gasteiger partial charge in [0.25, 0.3) is 0 Å². The maximum atomic E-state index is 5.82. The molecule has 0 saturated carbocycles. The number of rotatable bonds is 4. The molecular formula is C14H17N3. The van der Waals surface area contributed by atoms with E-state index < -0.39 is 0 Å². The van der Waals surface area contributed by atoms with Gasteiger partial charge in [0, 0.05) is 0 Å². The van der Waals surface area contributed by atoms with E-state index in [1.165, 1.54) is 0 Å². The summed E-state index contributed by atoms with van der Waals surface area (Å²) in [6.07, 6.45) is 8.94. The van der Waals surface area contributed by atoms with Gasteiger partial charge in [0.15, 0.2) is 0 Å². The maximum Gasteiger partial charge on any atom is 0.150 e. The van der Waals surface area contributed by atoms with Crippen molar-refractivity contribution in [1.82, 2.24) is 9.97 Å². The Bertz CT molecular complexity index is 496. The highest BCUT2D eigenvalue weighted by Crippen LogP contribution is 2.21. The van der Waals surface area contributed by atoms with E-state index in [0.29, 0.717) is 11.5 Å². The normalized spacial score (nSPS) is 12.4. The summed E-state index contributed by atoms with van der Waals surface area (Å²) in [6.45, 7) is 11.3. The van der Waals surface area contributed by atoms with Crippen LogP contribution in [0.25, 0.3) is 11.1 Å². The van der Waals surface area contributed by atoms with Gasteiger partial charge in [-0.1, -0.05) is 37.5 Å². The zero-order valence-corrected chi connectivity index (χ0v) is 10.3. The van der Waals surface area contributed by atoms with Crippen LogP contribution < -0.4 is 5.73 Å². The third-order valence-corrected chi connectivity index (χ3v) is 2.43. The molecule has 0 unspecified atom stereocenters. The van der Waals surface area contributed by atoms with E-state index in [1.54, 1.807) is 18.3 Å². The number of anilines is 1. The van der Waals surface area contributed by atoms with Crippen LogP contribution >= 0.6 is 0 Å². The van der Waals surface area contributed by atoms with Gasteiger partial charge in [-0.2, -0.15) is 0 Å². The Hall–Kier alpha value is -2.16. The van der Waals surface area contributed by atoms with Crippen LogP contribution in [0.15, 0.2) is 43.7 Å². The van der Waals surface area contributed by atoms with E-state index in [4.69, 9.17) is 5.73 Å². The van der Waals surface area contributed by atoms with Crippen molar-refractivity contribution in [1.29, 1.82) is 0 Å². The number of nitrogens with two attached hydrogens (primary N) is 1. The Balaban J connectivity index is 3.38. The van der Waals surface area contributed by atoms with Gasteiger partial charge in [-0.3, -0.25) is 0 Å². The van der Waals surface area contributed by atoms with Crippen molar-refractivity contribution >= 4 is 17.0 Å². The summed E-state index contributed by atoms with van der Waals surface area (Å²) in [4.78, 5) is 8.64. The molecule has 2 N–H and O–H groups in total. The van der Waals surface area contributed by atoms with Gasteiger partial charge in [0.2, 0.25) is 0 Å². The molecule has 0 saturated heterocycles. The minimum atomic E-state index is 0.404. The molecule has 0 aliphatic rings. The molecule has 0 bridgehead atoms. The lowest BCUT2D eigenvalue weighted by molar-refractivity contribution is 1.15. The van der Waals surface area contributed by atoms with Crippen LogP contribution in [-0.2, 0) is 0 Å². The van der Waals surface area contributed by atoms with Crippen molar-refractivity contribution in [3.05, 3.63) is 55.0 Å². The number of hydrogen-bond donors (Lipinski definition) is 1. The number of hydrogen-bond acceptors (Lipinski definition) is 3. The average molecular weight is 227 g/mol. The third-order valence-electron chi connectivity index (χ3n) is 2.43. The van der Waals surface area contributed by atoms with Crippen molar-refractivity contribution in [2.45, 2.75) is 13.8 Å². The summed E-state index contributed by atoms with van der Waals surface area (Å²) in [5.41, 5.74) is 9.03. The van der Waals surface area contributed by atoms with Gasteiger partial charge in [-0.05, 0) is 25.0 Å². The first-order valence-electron chi connectivity index (χ1n) is 5.38. The van der Waals surface area contributed by atoms with Crippen LogP contribution in [0, 0.1) is 0 Å². The number of aromatic nitrogens is 2. The molecule has 88 valence electrons. The Morgan fingerprint density at radius 3 is 2.24 bits per heavy atom. The molecule has 0 aromatic carbocycles. The van der Waals surface area contributed by atoms with Crippen molar-refractivity contribution in [3.63, 3.8) is 0 Å². The molecule has 1 aromatic heterocycles. The fraction of sp³-hybridized carbons (Fsp3) is 0.143. The Labute approximate surface area is 102 Å². The second-order valence-corrected chi connectivity index (χ2v) is 3.39. The van der Waals surface area contributed by atoms with Crippen LogP contribution in [0.2, 0.25) is 0 Å². The number of allylic oxidation sites excluding steroid dienone is 6. The molecule has 0 amide bonds. The van der Waals surface area contributed by atoms with Gasteiger partial charge < -0.3 is 5.73 Å². The van der Waals surface area contributed by atoms with Crippen LogP contribution in [-0.4, -0.2) is 9.97 Å². The molecule has 0 aliphatic heterocycles. The van der Waals surface area contributed by atoms with E-state index >= 15 is 0 Å². The minimum Gasteiger partial charge on any atom is -0.382 e. The van der Waals surface area contributed by atoms with E-state index in [0.717, 1.165) is 16.8 Å². The standard InChI is InChI=1S/C14H17N3/c1-5-10(6-2)12-9-16-14(15)13(17-12)11(7-3)8-4/h5-9H,1,3H2,2,4H3,(H2,15,16)/b10-6+,11-8+. The summed E-state index contributed by atoms with van der Waals surface area (Å²) in [5, 5.41) is 0. The molecule has 1 rings (SSSR count). The van der Waals surface area contributed by atoms with Gasteiger partial charge in [0.1, 0.15) is 11.5 Å².